The van der Waals surface area contributed by atoms with Crippen molar-refractivity contribution in [1.82, 2.24) is 20.1 Å². The molecule has 3 aromatic rings. The van der Waals surface area contributed by atoms with Gasteiger partial charge >= 0.3 is 0 Å². The van der Waals surface area contributed by atoms with Gasteiger partial charge in [-0.25, -0.2) is 0 Å². The van der Waals surface area contributed by atoms with Crippen LogP contribution in [0.5, 0.6) is 0 Å². The van der Waals surface area contributed by atoms with Crippen molar-refractivity contribution >= 4 is 46.9 Å². The summed E-state index contributed by atoms with van der Waals surface area (Å²) in [6.07, 6.45) is 4.79. The zero-order valence-electron chi connectivity index (χ0n) is 19.0. The van der Waals surface area contributed by atoms with Crippen molar-refractivity contribution in [3.05, 3.63) is 88.7 Å². The maximum Gasteiger partial charge on any atom is 0.244 e. The molecule has 0 spiro atoms. The van der Waals surface area contributed by atoms with Gasteiger partial charge in [-0.3, -0.25) is 9.59 Å². The van der Waals surface area contributed by atoms with Crippen LogP contribution in [0.3, 0.4) is 0 Å². The lowest BCUT2D eigenvalue weighted by Crippen LogP contribution is -2.23. The van der Waals surface area contributed by atoms with Crippen LogP contribution in [0.4, 0.5) is 5.69 Å². The Balaban J connectivity index is 1.57. The van der Waals surface area contributed by atoms with Gasteiger partial charge in [0.15, 0.2) is 11.0 Å². The van der Waals surface area contributed by atoms with Crippen molar-refractivity contribution in [2.45, 2.75) is 32.1 Å². The van der Waals surface area contributed by atoms with Crippen LogP contribution in [-0.2, 0) is 22.7 Å². The molecule has 7 nitrogen and oxygen atoms in total. The number of aromatic nitrogens is 3. The lowest BCUT2D eigenvalue weighted by molar-refractivity contribution is -0.116. The average Bonchev–Trinajstić information content (AvgIpc) is 3.20. The van der Waals surface area contributed by atoms with Crippen LogP contribution < -0.4 is 10.6 Å². The van der Waals surface area contributed by atoms with Crippen LogP contribution in [-0.4, -0.2) is 32.3 Å². The van der Waals surface area contributed by atoms with E-state index in [1.807, 2.05) is 54.8 Å². The number of anilines is 1. The second-order valence-electron chi connectivity index (χ2n) is 7.51. The summed E-state index contributed by atoms with van der Waals surface area (Å²) in [6, 6.07) is 13.1. The van der Waals surface area contributed by atoms with E-state index in [0.29, 0.717) is 22.5 Å². The first kappa shape index (κ1) is 25.3. The third kappa shape index (κ3) is 7.07. The van der Waals surface area contributed by atoms with Crippen molar-refractivity contribution in [3.8, 4) is 0 Å². The highest BCUT2D eigenvalue weighted by molar-refractivity contribution is 7.99. The topological polar surface area (TPSA) is 88.9 Å². The van der Waals surface area contributed by atoms with Crippen LogP contribution in [0.2, 0.25) is 5.02 Å². The highest BCUT2D eigenvalue weighted by Crippen LogP contribution is 2.19. The Labute approximate surface area is 208 Å². The fraction of sp³-hybridized carbons (Fsp3) is 0.200. The monoisotopic (exact) mass is 495 g/mol. The molecule has 9 heteroatoms. The minimum Gasteiger partial charge on any atom is -0.345 e. The molecule has 1 heterocycles. The fourth-order valence-electron chi connectivity index (χ4n) is 3.02. The average molecular weight is 496 g/mol. The van der Waals surface area contributed by atoms with E-state index in [1.54, 1.807) is 18.2 Å². The molecule has 0 atom stereocenters. The van der Waals surface area contributed by atoms with Gasteiger partial charge in [-0.05, 0) is 54.8 Å². The SMILES string of the molecule is C=CCn1c(CNC(=O)/C=C/c2ccccc2Cl)nnc1SCC(=O)Nc1ccc(C)c(C)c1. The minimum absolute atomic E-state index is 0.138. The number of hydrogen-bond donors (Lipinski definition) is 2. The van der Waals surface area contributed by atoms with Crippen LogP contribution >= 0.6 is 23.4 Å². The van der Waals surface area contributed by atoms with Gasteiger partial charge in [0.05, 0.1) is 12.3 Å². The molecule has 2 amide bonds. The zero-order chi connectivity index (χ0) is 24.5. The minimum atomic E-state index is -0.282. The molecule has 34 heavy (non-hydrogen) atoms. The van der Waals surface area contributed by atoms with Gasteiger partial charge in [-0.15, -0.1) is 16.8 Å². The van der Waals surface area contributed by atoms with Crippen molar-refractivity contribution in [2.75, 3.05) is 11.1 Å². The Morgan fingerprint density at radius 1 is 1.15 bits per heavy atom. The molecule has 0 fully saturated rings. The highest BCUT2D eigenvalue weighted by Gasteiger charge is 2.14. The largest absolute Gasteiger partial charge is 0.345 e. The number of rotatable bonds is 10. The summed E-state index contributed by atoms with van der Waals surface area (Å²) in [4.78, 5) is 24.6. The van der Waals surface area contributed by atoms with Crippen LogP contribution in [0.15, 0.2) is 66.4 Å². The third-order valence-electron chi connectivity index (χ3n) is 4.97. The van der Waals surface area contributed by atoms with E-state index in [-0.39, 0.29) is 24.1 Å². The second-order valence-corrected chi connectivity index (χ2v) is 8.86. The highest BCUT2D eigenvalue weighted by atomic mass is 35.5. The second kappa shape index (κ2) is 12.2. The number of amides is 2. The van der Waals surface area contributed by atoms with Crippen molar-refractivity contribution in [1.29, 1.82) is 0 Å². The summed E-state index contributed by atoms with van der Waals surface area (Å²) < 4.78 is 1.82. The van der Waals surface area contributed by atoms with E-state index < -0.39 is 0 Å². The molecule has 3 rings (SSSR count). The molecule has 0 aliphatic rings. The molecular weight excluding hydrogens is 470 g/mol. The van der Waals surface area contributed by atoms with E-state index in [0.717, 1.165) is 16.8 Å². The Morgan fingerprint density at radius 3 is 2.68 bits per heavy atom. The Morgan fingerprint density at radius 2 is 1.94 bits per heavy atom. The van der Waals surface area contributed by atoms with Crippen molar-refractivity contribution in [3.63, 3.8) is 0 Å². The zero-order valence-corrected chi connectivity index (χ0v) is 20.6. The Bertz CT molecular complexity index is 1220. The summed E-state index contributed by atoms with van der Waals surface area (Å²) in [7, 11) is 0. The lowest BCUT2D eigenvalue weighted by atomic mass is 10.1. The quantitative estimate of drug-likeness (QED) is 0.240. The summed E-state index contributed by atoms with van der Waals surface area (Å²) in [5.74, 6) is 0.322. The molecule has 2 N–H and O–H groups in total. The van der Waals surface area contributed by atoms with Crippen LogP contribution in [0.25, 0.3) is 6.08 Å². The number of halogens is 1. The first-order chi connectivity index (χ1) is 16.4. The van der Waals surface area contributed by atoms with E-state index in [9.17, 15) is 9.59 Å². The van der Waals surface area contributed by atoms with Gasteiger partial charge in [0.25, 0.3) is 0 Å². The third-order valence-corrected chi connectivity index (χ3v) is 6.28. The number of benzene rings is 2. The van der Waals surface area contributed by atoms with Crippen molar-refractivity contribution < 1.29 is 9.59 Å². The van der Waals surface area contributed by atoms with Crippen molar-refractivity contribution in [2.24, 2.45) is 0 Å². The normalized spacial score (nSPS) is 10.9. The first-order valence-corrected chi connectivity index (χ1v) is 12.0. The summed E-state index contributed by atoms with van der Waals surface area (Å²) in [5, 5.41) is 15.2. The standard InChI is InChI=1S/C25H26ClN5O2S/c1-4-13-31-22(15-27-23(32)12-10-19-7-5-6-8-21(19)26)29-30-25(31)34-16-24(33)28-20-11-9-17(2)18(3)14-20/h4-12,14H,1,13,15-16H2,2-3H3,(H,27,32)(H,28,33)/b12-10+. The maximum atomic E-state index is 12.4. The number of nitrogens with one attached hydrogen (secondary N) is 2. The predicted molar refractivity (Wildman–Crippen MR) is 138 cm³/mol. The Kier molecular flexibility index (Phi) is 9.07. The number of allylic oxidation sites excluding steroid dienone is 1. The lowest BCUT2D eigenvalue weighted by Gasteiger charge is -2.09. The predicted octanol–water partition coefficient (Wildman–Crippen LogP) is 4.79. The van der Waals surface area contributed by atoms with E-state index >= 15 is 0 Å². The molecule has 2 aromatic carbocycles. The molecule has 1 aromatic heterocycles. The molecule has 0 aliphatic carbocycles. The number of hydrogen-bond acceptors (Lipinski definition) is 5. The van der Waals surface area contributed by atoms with Crippen LogP contribution in [0.1, 0.15) is 22.5 Å². The van der Waals surface area contributed by atoms with E-state index in [2.05, 4.69) is 27.4 Å². The maximum absolute atomic E-state index is 12.4. The Hall–Kier alpha value is -3.36. The molecule has 0 aliphatic heterocycles. The summed E-state index contributed by atoms with van der Waals surface area (Å²) >= 11 is 7.38. The molecule has 0 radical (unpaired) electrons. The number of thioether (sulfide) groups is 1. The van der Waals surface area contributed by atoms with Gasteiger partial charge in [-0.2, -0.15) is 0 Å². The molecule has 0 unspecified atom stereocenters. The van der Waals surface area contributed by atoms with Gasteiger partial charge in [0.1, 0.15) is 0 Å². The number of carbonyl (C=O) groups excluding carboxylic acids is 2. The van der Waals surface area contributed by atoms with Gasteiger partial charge < -0.3 is 15.2 Å². The molecule has 0 bridgehead atoms. The smallest absolute Gasteiger partial charge is 0.244 e. The van der Waals surface area contributed by atoms with Gasteiger partial charge in [0, 0.05) is 23.3 Å². The van der Waals surface area contributed by atoms with Crippen LogP contribution in [0, 0.1) is 13.8 Å². The number of carbonyl (C=O) groups is 2. The molecule has 0 saturated heterocycles. The molecular formula is C25H26ClN5O2S. The fourth-order valence-corrected chi connectivity index (χ4v) is 3.98. The number of aryl methyl sites for hydroxylation is 2. The number of nitrogens with zero attached hydrogens (tertiary/aromatic N) is 3. The van der Waals surface area contributed by atoms with Gasteiger partial charge in [-0.1, -0.05) is 53.7 Å². The summed E-state index contributed by atoms with van der Waals surface area (Å²) in [6.45, 7) is 8.44. The first-order valence-electron chi connectivity index (χ1n) is 10.6. The molecule has 0 saturated carbocycles. The van der Waals surface area contributed by atoms with Gasteiger partial charge in [0.2, 0.25) is 11.8 Å². The van der Waals surface area contributed by atoms with E-state index in [1.165, 1.54) is 23.4 Å². The van der Waals surface area contributed by atoms with E-state index in [4.69, 9.17) is 11.6 Å². The summed E-state index contributed by atoms with van der Waals surface area (Å²) in [5.41, 5.74) is 3.80. The molecule has 176 valence electrons.